The SMILES string of the molecule is CN(Cc1c(-c2nnc(C(C)(C)C)o2)nn(-c2ccc(Cl)cc2Cl)c1-c1ccc(Cl)cc1)C(=O)O. The molecule has 0 fully saturated rings. The Hall–Kier alpha value is -3.07. The first-order chi connectivity index (χ1) is 16.5. The highest BCUT2D eigenvalue weighted by Crippen LogP contribution is 2.38. The minimum absolute atomic E-state index is 0.00106. The number of carbonyl (C=O) groups is 1. The van der Waals surface area contributed by atoms with Crippen LogP contribution in [0.25, 0.3) is 28.5 Å². The molecule has 1 N–H and O–H groups in total. The summed E-state index contributed by atoms with van der Waals surface area (Å²) in [6, 6.07) is 12.2. The number of hydrogen-bond acceptors (Lipinski definition) is 5. The van der Waals surface area contributed by atoms with E-state index in [1.165, 1.54) is 7.05 Å². The van der Waals surface area contributed by atoms with E-state index in [1.807, 2.05) is 32.9 Å². The quantitative estimate of drug-likeness (QED) is 0.297. The Bertz CT molecular complexity index is 1390. The largest absolute Gasteiger partial charge is 0.465 e. The van der Waals surface area contributed by atoms with Crippen molar-refractivity contribution in [3.8, 4) is 28.5 Å². The zero-order valence-electron chi connectivity index (χ0n) is 19.4. The summed E-state index contributed by atoms with van der Waals surface area (Å²) in [5.74, 6) is 0.597. The van der Waals surface area contributed by atoms with Gasteiger partial charge < -0.3 is 14.4 Å². The molecule has 2 heterocycles. The molecule has 0 bridgehead atoms. The molecule has 0 aliphatic carbocycles. The predicted octanol–water partition coefficient (Wildman–Crippen LogP) is 6.96. The van der Waals surface area contributed by atoms with Crippen molar-refractivity contribution in [2.75, 3.05) is 7.05 Å². The Morgan fingerprint density at radius 1 is 1.06 bits per heavy atom. The average molecular weight is 535 g/mol. The summed E-state index contributed by atoms with van der Waals surface area (Å²) in [5.41, 5.74) is 2.41. The van der Waals surface area contributed by atoms with Crippen LogP contribution in [0.4, 0.5) is 4.79 Å². The molecule has 2 aromatic carbocycles. The van der Waals surface area contributed by atoms with Gasteiger partial charge in [-0.2, -0.15) is 5.10 Å². The fourth-order valence-electron chi connectivity index (χ4n) is 3.43. The number of carboxylic acid groups (broad SMARTS) is 1. The molecule has 0 radical (unpaired) electrons. The van der Waals surface area contributed by atoms with Gasteiger partial charge in [0.15, 0.2) is 5.69 Å². The van der Waals surface area contributed by atoms with E-state index < -0.39 is 6.09 Å². The average Bonchev–Trinajstić information content (AvgIpc) is 3.40. The monoisotopic (exact) mass is 533 g/mol. The number of halogens is 3. The fraction of sp³-hybridized carbons (Fsp3) is 0.250. The normalized spacial score (nSPS) is 11.6. The smallest absolute Gasteiger partial charge is 0.407 e. The van der Waals surface area contributed by atoms with Gasteiger partial charge in [-0.05, 0) is 30.3 Å². The van der Waals surface area contributed by atoms with Gasteiger partial charge in [0.2, 0.25) is 5.89 Å². The molecule has 0 unspecified atom stereocenters. The predicted molar refractivity (Wildman–Crippen MR) is 136 cm³/mol. The molecular weight excluding hydrogens is 513 g/mol. The molecule has 4 rings (SSSR count). The van der Waals surface area contributed by atoms with E-state index >= 15 is 0 Å². The number of benzene rings is 2. The van der Waals surface area contributed by atoms with Crippen LogP contribution in [0.15, 0.2) is 46.9 Å². The van der Waals surface area contributed by atoms with Gasteiger partial charge in [0.05, 0.1) is 22.9 Å². The lowest BCUT2D eigenvalue weighted by molar-refractivity contribution is 0.154. The molecule has 8 nitrogen and oxygen atoms in total. The minimum Gasteiger partial charge on any atom is -0.465 e. The summed E-state index contributed by atoms with van der Waals surface area (Å²) in [7, 11) is 1.47. The van der Waals surface area contributed by atoms with Crippen LogP contribution >= 0.6 is 34.8 Å². The van der Waals surface area contributed by atoms with Crippen molar-refractivity contribution in [3.63, 3.8) is 0 Å². The van der Waals surface area contributed by atoms with Gasteiger partial charge in [0.1, 0.15) is 0 Å². The Balaban J connectivity index is 2.04. The highest BCUT2D eigenvalue weighted by molar-refractivity contribution is 6.35. The molecule has 0 aliphatic rings. The maximum absolute atomic E-state index is 11.7. The zero-order valence-corrected chi connectivity index (χ0v) is 21.7. The van der Waals surface area contributed by atoms with Gasteiger partial charge in [-0.15, -0.1) is 10.2 Å². The standard InChI is InChI=1S/C24H22Cl3N5O3/c1-24(2,3)22-29-28-21(35-22)19-16(12-31(4)23(33)34)20(13-5-7-14(25)8-6-13)32(30-19)18-10-9-15(26)11-17(18)27/h5-11H,12H2,1-4H3,(H,33,34). The molecular formula is C24H22Cl3N5O3. The Kier molecular flexibility index (Phi) is 6.81. The number of nitrogens with zero attached hydrogens (tertiary/aromatic N) is 5. The first-order valence-electron chi connectivity index (χ1n) is 10.6. The maximum Gasteiger partial charge on any atom is 0.407 e. The number of aromatic nitrogens is 4. The maximum atomic E-state index is 11.7. The van der Waals surface area contributed by atoms with Crippen molar-refractivity contribution in [1.29, 1.82) is 0 Å². The van der Waals surface area contributed by atoms with Crippen molar-refractivity contribution < 1.29 is 14.3 Å². The van der Waals surface area contributed by atoms with Crippen LogP contribution in [0, 0.1) is 0 Å². The van der Waals surface area contributed by atoms with Crippen molar-refractivity contribution in [2.45, 2.75) is 32.7 Å². The minimum atomic E-state index is -1.10. The van der Waals surface area contributed by atoms with Crippen LogP contribution < -0.4 is 0 Å². The highest BCUT2D eigenvalue weighted by atomic mass is 35.5. The molecule has 0 saturated heterocycles. The third kappa shape index (κ3) is 5.15. The zero-order chi connectivity index (χ0) is 25.5. The topological polar surface area (TPSA) is 97.3 Å². The van der Waals surface area contributed by atoms with Gasteiger partial charge >= 0.3 is 6.09 Å². The van der Waals surface area contributed by atoms with Gasteiger partial charge in [0, 0.05) is 33.6 Å². The summed E-state index contributed by atoms with van der Waals surface area (Å²) in [5, 5.41) is 24.2. The summed E-state index contributed by atoms with van der Waals surface area (Å²) < 4.78 is 7.61. The van der Waals surface area contributed by atoms with E-state index in [2.05, 4.69) is 10.2 Å². The van der Waals surface area contributed by atoms with Gasteiger partial charge in [-0.1, -0.05) is 67.7 Å². The molecule has 0 spiro atoms. The third-order valence-electron chi connectivity index (χ3n) is 5.23. The van der Waals surface area contributed by atoms with Crippen LogP contribution in [0.1, 0.15) is 32.2 Å². The highest BCUT2D eigenvalue weighted by Gasteiger charge is 2.29. The Labute approximate surface area is 217 Å². The lowest BCUT2D eigenvalue weighted by atomic mass is 9.97. The van der Waals surface area contributed by atoms with Gasteiger partial charge in [0.25, 0.3) is 5.89 Å². The summed E-state index contributed by atoms with van der Waals surface area (Å²) in [4.78, 5) is 12.9. The Morgan fingerprint density at radius 2 is 1.71 bits per heavy atom. The lowest BCUT2D eigenvalue weighted by Crippen LogP contribution is -2.24. The van der Waals surface area contributed by atoms with E-state index in [4.69, 9.17) is 44.3 Å². The lowest BCUT2D eigenvalue weighted by Gasteiger charge is -2.16. The molecule has 35 heavy (non-hydrogen) atoms. The molecule has 11 heteroatoms. The van der Waals surface area contributed by atoms with Crippen molar-refractivity contribution >= 4 is 40.9 Å². The van der Waals surface area contributed by atoms with Crippen molar-refractivity contribution in [2.24, 2.45) is 0 Å². The molecule has 182 valence electrons. The van der Waals surface area contributed by atoms with E-state index in [9.17, 15) is 9.90 Å². The molecule has 4 aromatic rings. The van der Waals surface area contributed by atoms with Crippen molar-refractivity contribution in [3.05, 3.63) is 69.0 Å². The summed E-state index contributed by atoms with van der Waals surface area (Å²) in [6.07, 6.45) is -1.10. The van der Waals surface area contributed by atoms with Crippen LogP contribution in [-0.4, -0.2) is 43.1 Å². The molecule has 2 aromatic heterocycles. The molecule has 0 saturated carbocycles. The first kappa shape index (κ1) is 25.0. The second-order valence-electron chi connectivity index (χ2n) is 8.99. The third-order valence-corrected chi connectivity index (χ3v) is 6.02. The molecule has 0 aliphatic heterocycles. The number of hydrogen-bond donors (Lipinski definition) is 1. The first-order valence-corrected chi connectivity index (χ1v) is 11.7. The van der Waals surface area contributed by atoms with Crippen LogP contribution in [0.3, 0.4) is 0 Å². The van der Waals surface area contributed by atoms with Gasteiger partial charge in [-0.3, -0.25) is 0 Å². The summed E-state index contributed by atoms with van der Waals surface area (Å²) in [6.45, 7) is 5.86. The molecule has 0 atom stereocenters. The van der Waals surface area contributed by atoms with Crippen molar-refractivity contribution in [1.82, 2.24) is 24.9 Å². The van der Waals surface area contributed by atoms with E-state index in [-0.39, 0.29) is 17.9 Å². The Morgan fingerprint density at radius 3 is 2.29 bits per heavy atom. The van der Waals surface area contributed by atoms with Crippen LogP contribution in [0.2, 0.25) is 15.1 Å². The fourth-order valence-corrected chi connectivity index (χ4v) is 4.04. The summed E-state index contributed by atoms with van der Waals surface area (Å²) >= 11 is 18.8. The van der Waals surface area contributed by atoms with Crippen LogP contribution in [-0.2, 0) is 12.0 Å². The molecule has 1 amide bonds. The second-order valence-corrected chi connectivity index (χ2v) is 10.3. The van der Waals surface area contributed by atoms with E-state index in [1.54, 1.807) is 35.0 Å². The number of rotatable bonds is 5. The number of amides is 1. The van der Waals surface area contributed by atoms with Crippen LogP contribution in [0.5, 0.6) is 0 Å². The van der Waals surface area contributed by atoms with E-state index in [0.29, 0.717) is 43.6 Å². The second kappa shape index (κ2) is 9.53. The van der Waals surface area contributed by atoms with Gasteiger partial charge in [-0.25, -0.2) is 9.48 Å². The van der Waals surface area contributed by atoms with E-state index in [0.717, 1.165) is 10.5 Å².